The fraction of sp³-hybridized carbons (Fsp3) is 0.385. The molecule has 0 spiro atoms. The molecule has 0 bridgehead atoms. The van der Waals surface area contributed by atoms with Gasteiger partial charge in [0, 0.05) is 14.1 Å². The average Bonchev–Trinajstić information content (AvgIpc) is 2.98. The van der Waals surface area contributed by atoms with Crippen LogP contribution in [0.3, 0.4) is 0 Å². The van der Waals surface area contributed by atoms with Gasteiger partial charge in [-0.05, 0) is 29.5 Å². The molecule has 0 saturated carbocycles. The maximum atomic E-state index is 12.7. The van der Waals surface area contributed by atoms with Gasteiger partial charge in [-0.1, -0.05) is 16.7 Å². The highest BCUT2D eigenvalue weighted by Crippen LogP contribution is 2.41. The molecule has 2 rings (SSSR count). The van der Waals surface area contributed by atoms with E-state index in [0.717, 1.165) is 23.9 Å². The number of aryl methyl sites for hydroxylation is 1. The summed E-state index contributed by atoms with van der Waals surface area (Å²) in [6.45, 7) is 1.29. The van der Waals surface area contributed by atoms with Crippen LogP contribution in [0.25, 0.3) is 0 Å². The van der Waals surface area contributed by atoms with E-state index in [1.807, 2.05) is 0 Å². The van der Waals surface area contributed by atoms with E-state index >= 15 is 0 Å². The number of carbonyl (C=O) groups is 1. The third-order valence-electron chi connectivity index (χ3n) is 3.49. The molecular formula is C13H14ClF3N6O4S. The second-order valence-electron chi connectivity index (χ2n) is 5.27. The van der Waals surface area contributed by atoms with Crippen molar-refractivity contribution >= 4 is 39.2 Å². The van der Waals surface area contributed by atoms with Crippen LogP contribution in [0.1, 0.15) is 17.3 Å². The summed E-state index contributed by atoms with van der Waals surface area (Å²) in [4.78, 5) is 12.4. The van der Waals surface area contributed by atoms with E-state index in [2.05, 4.69) is 25.6 Å². The van der Waals surface area contributed by atoms with Crippen molar-refractivity contribution in [3.05, 3.63) is 22.7 Å². The van der Waals surface area contributed by atoms with Crippen LogP contribution in [0, 0.1) is 0 Å². The predicted molar refractivity (Wildman–Crippen MR) is 92.8 cm³/mol. The number of hydrogen-bond donors (Lipinski definition) is 1. The van der Waals surface area contributed by atoms with Gasteiger partial charge >= 0.3 is 6.36 Å². The molecule has 1 heterocycles. The molecule has 1 amide bonds. The Hall–Kier alpha value is -2.61. The molecular weight excluding hydrogens is 429 g/mol. The molecule has 10 nitrogen and oxygen atoms in total. The van der Waals surface area contributed by atoms with Crippen LogP contribution < -0.4 is 14.4 Å². The quantitative estimate of drug-likeness (QED) is 0.724. The van der Waals surface area contributed by atoms with Crippen molar-refractivity contribution in [2.75, 3.05) is 22.4 Å². The molecule has 154 valence electrons. The number of alkyl halides is 3. The first-order valence-electron chi connectivity index (χ1n) is 7.46. The Morgan fingerprint density at radius 1 is 1.39 bits per heavy atom. The number of anilines is 2. The third kappa shape index (κ3) is 4.62. The molecule has 0 radical (unpaired) electrons. The number of aromatic nitrogens is 4. The maximum Gasteiger partial charge on any atom is 0.573 e. The van der Waals surface area contributed by atoms with Crippen LogP contribution >= 0.6 is 11.6 Å². The Balaban J connectivity index is 2.56. The zero-order valence-corrected chi connectivity index (χ0v) is 16.2. The van der Waals surface area contributed by atoms with E-state index < -0.39 is 44.5 Å². The minimum absolute atomic E-state index is 0.0623. The Bertz CT molecular complexity index is 995. The number of tetrazole rings is 1. The fourth-order valence-corrected chi connectivity index (χ4v) is 3.33. The maximum absolute atomic E-state index is 12.7. The van der Waals surface area contributed by atoms with Crippen molar-refractivity contribution in [3.63, 3.8) is 0 Å². The van der Waals surface area contributed by atoms with Gasteiger partial charge in [-0.25, -0.2) is 13.1 Å². The van der Waals surface area contributed by atoms with Gasteiger partial charge in [0.1, 0.15) is 5.69 Å². The lowest BCUT2D eigenvalue weighted by molar-refractivity contribution is -0.274. The standard InChI is InChI=1S/C13H14ClF3N6O4S/c1-4-28(25,26)23(3)10-8(27-13(15,16)17)6-5-7(9(10)14)11(24)18-12-19-20-21-22(12)2/h5-6H,4H2,1-3H3,(H,18,19,21,24). The van der Waals surface area contributed by atoms with Crippen LogP contribution in [-0.2, 0) is 17.1 Å². The van der Waals surface area contributed by atoms with E-state index in [9.17, 15) is 26.4 Å². The zero-order chi connectivity index (χ0) is 21.3. The summed E-state index contributed by atoms with van der Waals surface area (Å²) in [7, 11) is -1.58. The second-order valence-corrected chi connectivity index (χ2v) is 7.94. The van der Waals surface area contributed by atoms with Gasteiger partial charge in [0.15, 0.2) is 5.75 Å². The molecule has 1 aromatic heterocycles. The average molecular weight is 443 g/mol. The number of sulfonamides is 1. The number of amides is 1. The molecule has 2 aromatic rings. The number of benzene rings is 1. The van der Waals surface area contributed by atoms with Crippen LogP contribution in [0.2, 0.25) is 5.02 Å². The van der Waals surface area contributed by atoms with Gasteiger partial charge in [-0.3, -0.25) is 14.4 Å². The van der Waals surface area contributed by atoms with Crippen molar-refractivity contribution in [2.24, 2.45) is 7.05 Å². The summed E-state index contributed by atoms with van der Waals surface area (Å²) in [6, 6.07) is 1.75. The first-order valence-corrected chi connectivity index (χ1v) is 9.44. The first kappa shape index (κ1) is 21.7. The molecule has 0 aliphatic heterocycles. The second kappa shape index (κ2) is 7.79. The minimum Gasteiger partial charge on any atom is -0.403 e. The Kier molecular flexibility index (Phi) is 6.03. The number of nitrogens with one attached hydrogen (secondary N) is 1. The van der Waals surface area contributed by atoms with Gasteiger partial charge in [0.05, 0.1) is 16.3 Å². The minimum atomic E-state index is -5.11. The third-order valence-corrected chi connectivity index (χ3v) is 5.62. The Morgan fingerprint density at radius 2 is 2.04 bits per heavy atom. The molecule has 15 heteroatoms. The molecule has 1 N–H and O–H groups in total. The smallest absolute Gasteiger partial charge is 0.403 e. The van der Waals surface area contributed by atoms with Gasteiger partial charge < -0.3 is 4.74 Å². The number of nitrogens with zero attached hydrogens (tertiary/aromatic N) is 5. The monoisotopic (exact) mass is 442 g/mol. The first-order chi connectivity index (χ1) is 12.9. The van der Waals surface area contributed by atoms with Gasteiger partial charge in [-0.15, -0.1) is 13.2 Å². The van der Waals surface area contributed by atoms with Gasteiger partial charge in [0.25, 0.3) is 5.91 Å². The topological polar surface area (TPSA) is 119 Å². The largest absolute Gasteiger partial charge is 0.573 e. The summed E-state index contributed by atoms with van der Waals surface area (Å²) >= 11 is 6.10. The molecule has 0 atom stereocenters. The van der Waals surface area contributed by atoms with E-state index in [0.29, 0.717) is 4.31 Å². The van der Waals surface area contributed by atoms with E-state index in [1.165, 1.54) is 14.0 Å². The summed E-state index contributed by atoms with van der Waals surface area (Å²) in [5, 5.41) is 12.1. The van der Waals surface area contributed by atoms with Crippen molar-refractivity contribution in [3.8, 4) is 5.75 Å². The van der Waals surface area contributed by atoms with Crippen molar-refractivity contribution in [1.29, 1.82) is 0 Å². The summed E-state index contributed by atoms with van der Waals surface area (Å²) in [5.41, 5.74) is -0.947. The van der Waals surface area contributed by atoms with E-state index in [-0.39, 0.29) is 11.5 Å². The van der Waals surface area contributed by atoms with Crippen molar-refractivity contribution < 1.29 is 31.1 Å². The van der Waals surface area contributed by atoms with Crippen LogP contribution in [0.4, 0.5) is 24.8 Å². The lowest BCUT2D eigenvalue weighted by Crippen LogP contribution is -2.30. The number of carbonyl (C=O) groups excluding carboxylic acids is 1. The number of ether oxygens (including phenoxy) is 1. The SMILES string of the molecule is CCS(=O)(=O)N(C)c1c(OC(F)(F)F)ccc(C(=O)Nc2nnnn2C)c1Cl. The highest BCUT2D eigenvalue weighted by molar-refractivity contribution is 7.92. The molecule has 0 fully saturated rings. The summed E-state index contributed by atoms with van der Waals surface area (Å²) in [6.07, 6.45) is -5.11. The van der Waals surface area contributed by atoms with Crippen LogP contribution in [-0.4, -0.2) is 53.7 Å². The van der Waals surface area contributed by atoms with Crippen molar-refractivity contribution in [2.45, 2.75) is 13.3 Å². The zero-order valence-electron chi connectivity index (χ0n) is 14.7. The number of halogens is 4. The molecule has 0 unspecified atom stereocenters. The number of hydrogen-bond acceptors (Lipinski definition) is 7. The molecule has 28 heavy (non-hydrogen) atoms. The van der Waals surface area contributed by atoms with E-state index in [1.54, 1.807) is 0 Å². The highest BCUT2D eigenvalue weighted by Gasteiger charge is 2.35. The van der Waals surface area contributed by atoms with Crippen LogP contribution in [0.15, 0.2) is 12.1 Å². The van der Waals surface area contributed by atoms with Crippen molar-refractivity contribution in [1.82, 2.24) is 20.2 Å². The predicted octanol–water partition coefficient (Wildman–Crippen LogP) is 1.80. The lowest BCUT2D eigenvalue weighted by atomic mass is 10.1. The Labute approximate surface area is 162 Å². The van der Waals surface area contributed by atoms with Gasteiger partial charge in [0.2, 0.25) is 16.0 Å². The molecule has 1 aromatic carbocycles. The fourth-order valence-electron chi connectivity index (χ4n) is 2.06. The summed E-state index contributed by atoms with van der Waals surface area (Å²) in [5.74, 6) is -2.24. The molecule has 0 aliphatic rings. The highest BCUT2D eigenvalue weighted by atomic mass is 35.5. The lowest BCUT2D eigenvalue weighted by Gasteiger charge is -2.24. The van der Waals surface area contributed by atoms with Gasteiger partial charge in [-0.2, -0.15) is 0 Å². The Morgan fingerprint density at radius 3 is 2.54 bits per heavy atom. The van der Waals surface area contributed by atoms with E-state index in [4.69, 9.17) is 11.6 Å². The molecule has 0 saturated heterocycles. The molecule has 0 aliphatic carbocycles. The van der Waals surface area contributed by atoms with Crippen LogP contribution in [0.5, 0.6) is 5.75 Å². The number of rotatable bonds is 6. The summed E-state index contributed by atoms with van der Waals surface area (Å²) < 4.78 is 68.0. The normalized spacial score (nSPS) is 12.0.